The highest BCUT2D eigenvalue weighted by atomic mass is 16.5. The summed E-state index contributed by atoms with van der Waals surface area (Å²) >= 11 is 0. The van der Waals surface area contributed by atoms with Gasteiger partial charge in [0.1, 0.15) is 23.1 Å². The van der Waals surface area contributed by atoms with Crippen LogP contribution in [0.15, 0.2) is 66.2 Å². The van der Waals surface area contributed by atoms with E-state index in [2.05, 4.69) is 10.6 Å². The van der Waals surface area contributed by atoms with E-state index in [-0.39, 0.29) is 18.1 Å². The third-order valence-electron chi connectivity index (χ3n) is 5.40. The van der Waals surface area contributed by atoms with Gasteiger partial charge in [-0.25, -0.2) is 0 Å². The van der Waals surface area contributed by atoms with Gasteiger partial charge in [-0.3, -0.25) is 9.59 Å². The molecule has 2 N–H and O–H groups in total. The molecule has 178 valence electrons. The van der Waals surface area contributed by atoms with Gasteiger partial charge in [0.15, 0.2) is 6.61 Å². The topological polar surface area (TPSA) is 100 Å². The summed E-state index contributed by atoms with van der Waals surface area (Å²) in [6.45, 7) is 5.52. The highest BCUT2D eigenvalue weighted by molar-refractivity contribution is 6.10. The predicted molar refractivity (Wildman–Crippen MR) is 136 cm³/mol. The first-order valence-corrected chi connectivity index (χ1v) is 11.0. The number of hydrogen-bond donors (Lipinski definition) is 2. The molecular weight excluding hydrogens is 442 g/mol. The number of carbonyl (C=O) groups excluding carboxylic acids is 2. The van der Waals surface area contributed by atoms with Gasteiger partial charge >= 0.3 is 0 Å². The molecule has 0 unspecified atom stereocenters. The summed E-state index contributed by atoms with van der Waals surface area (Å²) in [6, 6.07) is 19.9. The van der Waals surface area contributed by atoms with Crippen LogP contribution in [0.2, 0.25) is 0 Å². The Bertz CT molecular complexity index is 1320. The van der Waals surface area contributed by atoms with Crippen LogP contribution in [-0.2, 0) is 9.59 Å². The second-order valence-electron chi connectivity index (χ2n) is 7.98. The first-order valence-electron chi connectivity index (χ1n) is 11.0. The van der Waals surface area contributed by atoms with Crippen molar-refractivity contribution in [2.24, 2.45) is 0 Å². The Hall–Kier alpha value is -4.57. The second kappa shape index (κ2) is 11.5. The fraction of sp³-hybridized carbons (Fsp3) is 0.179. The number of nitriles is 1. The van der Waals surface area contributed by atoms with Gasteiger partial charge < -0.3 is 20.1 Å². The van der Waals surface area contributed by atoms with Crippen molar-refractivity contribution < 1.29 is 19.1 Å². The molecule has 0 aliphatic heterocycles. The van der Waals surface area contributed by atoms with E-state index in [1.54, 1.807) is 30.3 Å². The third-order valence-corrected chi connectivity index (χ3v) is 5.40. The molecule has 0 radical (unpaired) electrons. The zero-order chi connectivity index (χ0) is 25.4. The van der Waals surface area contributed by atoms with Crippen molar-refractivity contribution >= 4 is 29.3 Å². The van der Waals surface area contributed by atoms with Gasteiger partial charge in [-0.15, -0.1) is 0 Å². The molecule has 0 spiro atoms. The standard InChI is InChI=1S/C28H27N3O4/c1-18-7-5-9-23(13-18)30-27(32)17-35-26-15-24(34-4)12-11-21(26)14-22(16-29)28(33)31-25-10-6-8-19(2)20(25)3/h5-15H,17H2,1-4H3,(H,30,32)(H,31,33)/b22-14+. The molecule has 3 rings (SSSR count). The number of benzene rings is 3. The van der Waals surface area contributed by atoms with Gasteiger partial charge in [0.05, 0.1) is 7.11 Å². The second-order valence-corrected chi connectivity index (χ2v) is 7.98. The maximum atomic E-state index is 12.8. The summed E-state index contributed by atoms with van der Waals surface area (Å²) < 4.78 is 11.0. The van der Waals surface area contributed by atoms with Crippen molar-refractivity contribution in [3.8, 4) is 17.6 Å². The monoisotopic (exact) mass is 469 g/mol. The van der Waals surface area contributed by atoms with Crippen LogP contribution >= 0.6 is 0 Å². The zero-order valence-electron chi connectivity index (χ0n) is 20.1. The minimum absolute atomic E-state index is 0.106. The molecule has 0 bridgehead atoms. The van der Waals surface area contributed by atoms with E-state index in [1.165, 1.54) is 13.2 Å². The first kappa shape index (κ1) is 25.1. The van der Waals surface area contributed by atoms with Crippen LogP contribution in [0.3, 0.4) is 0 Å². The quantitative estimate of drug-likeness (QED) is 0.350. The van der Waals surface area contributed by atoms with Crippen LogP contribution < -0.4 is 20.1 Å². The highest BCUT2D eigenvalue weighted by Crippen LogP contribution is 2.27. The van der Waals surface area contributed by atoms with Crippen molar-refractivity contribution in [1.29, 1.82) is 5.26 Å². The van der Waals surface area contributed by atoms with Gasteiger partial charge in [-0.2, -0.15) is 5.26 Å². The van der Waals surface area contributed by atoms with Crippen molar-refractivity contribution in [1.82, 2.24) is 0 Å². The number of amides is 2. The minimum Gasteiger partial charge on any atom is -0.497 e. The Labute approximate surface area is 205 Å². The average Bonchev–Trinajstić information content (AvgIpc) is 2.84. The molecule has 0 aromatic heterocycles. The Morgan fingerprint density at radius 2 is 1.77 bits per heavy atom. The molecule has 0 saturated heterocycles. The fourth-order valence-electron chi connectivity index (χ4n) is 3.33. The Morgan fingerprint density at radius 1 is 1.00 bits per heavy atom. The summed E-state index contributed by atoms with van der Waals surface area (Å²) in [7, 11) is 1.51. The number of anilines is 2. The number of aryl methyl sites for hydroxylation is 2. The molecule has 0 saturated carbocycles. The lowest BCUT2D eigenvalue weighted by atomic mass is 10.1. The number of methoxy groups -OCH3 is 1. The van der Waals surface area contributed by atoms with Crippen molar-refractivity contribution in [3.05, 3.63) is 88.5 Å². The van der Waals surface area contributed by atoms with Crippen LogP contribution in [0.1, 0.15) is 22.3 Å². The van der Waals surface area contributed by atoms with Crippen LogP contribution in [-0.4, -0.2) is 25.5 Å². The van der Waals surface area contributed by atoms with Crippen molar-refractivity contribution in [3.63, 3.8) is 0 Å². The van der Waals surface area contributed by atoms with E-state index < -0.39 is 5.91 Å². The summed E-state index contributed by atoms with van der Waals surface area (Å²) in [5.74, 6) is -0.0766. The molecule has 7 nitrogen and oxygen atoms in total. The lowest BCUT2D eigenvalue weighted by molar-refractivity contribution is -0.118. The number of rotatable bonds is 8. The normalized spacial score (nSPS) is 10.8. The van der Waals surface area contributed by atoms with E-state index in [0.717, 1.165) is 16.7 Å². The molecule has 0 fully saturated rings. The highest BCUT2D eigenvalue weighted by Gasteiger charge is 2.14. The molecule has 0 aliphatic carbocycles. The van der Waals surface area contributed by atoms with E-state index in [1.807, 2.05) is 57.2 Å². The average molecular weight is 470 g/mol. The Kier molecular flexibility index (Phi) is 8.25. The molecule has 3 aromatic carbocycles. The number of ether oxygens (including phenoxy) is 2. The lowest BCUT2D eigenvalue weighted by Gasteiger charge is -2.13. The number of carbonyl (C=O) groups is 2. The molecule has 3 aromatic rings. The Morgan fingerprint density at radius 3 is 2.49 bits per heavy atom. The lowest BCUT2D eigenvalue weighted by Crippen LogP contribution is -2.20. The molecule has 2 amide bonds. The minimum atomic E-state index is -0.542. The summed E-state index contributed by atoms with van der Waals surface area (Å²) in [6.07, 6.45) is 1.42. The summed E-state index contributed by atoms with van der Waals surface area (Å²) in [5.41, 5.74) is 4.62. The first-order chi connectivity index (χ1) is 16.8. The molecule has 0 atom stereocenters. The number of nitrogens with one attached hydrogen (secondary N) is 2. The Balaban J connectivity index is 1.80. The largest absolute Gasteiger partial charge is 0.497 e. The van der Waals surface area contributed by atoms with E-state index in [4.69, 9.17) is 9.47 Å². The van der Waals surface area contributed by atoms with E-state index in [0.29, 0.717) is 28.4 Å². The van der Waals surface area contributed by atoms with E-state index in [9.17, 15) is 14.9 Å². The molecule has 35 heavy (non-hydrogen) atoms. The maximum absolute atomic E-state index is 12.8. The smallest absolute Gasteiger partial charge is 0.266 e. The molecular formula is C28H27N3O4. The molecule has 0 aliphatic rings. The van der Waals surface area contributed by atoms with Crippen LogP contribution in [0, 0.1) is 32.1 Å². The number of hydrogen-bond acceptors (Lipinski definition) is 5. The predicted octanol–water partition coefficient (Wildman–Crippen LogP) is 5.18. The molecule has 0 heterocycles. The van der Waals surface area contributed by atoms with Crippen molar-refractivity contribution in [2.75, 3.05) is 24.4 Å². The zero-order valence-corrected chi connectivity index (χ0v) is 20.1. The SMILES string of the molecule is COc1ccc(/C=C(\C#N)C(=O)Nc2cccc(C)c2C)c(OCC(=O)Nc2cccc(C)c2)c1. The van der Waals surface area contributed by atoms with Gasteiger partial charge in [0.25, 0.3) is 11.8 Å². The van der Waals surface area contributed by atoms with Gasteiger partial charge in [-0.05, 0) is 73.9 Å². The van der Waals surface area contributed by atoms with Gasteiger partial charge in [-0.1, -0.05) is 24.3 Å². The molecule has 7 heteroatoms. The maximum Gasteiger partial charge on any atom is 0.266 e. The number of nitrogens with zero attached hydrogens (tertiary/aromatic N) is 1. The summed E-state index contributed by atoms with van der Waals surface area (Å²) in [4.78, 5) is 25.2. The van der Waals surface area contributed by atoms with Crippen LogP contribution in [0.25, 0.3) is 6.08 Å². The van der Waals surface area contributed by atoms with E-state index >= 15 is 0 Å². The van der Waals surface area contributed by atoms with Gasteiger partial charge in [0.2, 0.25) is 0 Å². The van der Waals surface area contributed by atoms with Crippen molar-refractivity contribution in [2.45, 2.75) is 20.8 Å². The van der Waals surface area contributed by atoms with Crippen LogP contribution in [0.5, 0.6) is 11.5 Å². The fourth-order valence-corrected chi connectivity index (χ4v) is 3.33. The van der Waals surface area contributed by atoms with Crippen LogP contribution in [0.4, 0.5) is 11.4 Å². The summed E-state index contributed by atoms with van der Waals surface area (Å²) in [5, 5.41) is 15.2. The van der Waals surface area contributed by atoms with Gasteiger partial charge in [0, 0.05) is 23.0 Å². The third kappa shape index (κ3) is 6.71.